The smallest absolute Gasteiger partial charge is 0.332 e. The van der Waals surface area contributed by atoms with Crippen molar-refractivity contribution < 1.29 is 4.79 Å². The van der Waals surface area contributed by atoms with Crippen molar-refractivity contribution in [2.45, 2.75) is 70.9 Å². The van der Waals surface area contributed by atoms with Crippen LogP contribution in [0.3, 0.4) is 0 Å². The molecule has 0 atom stereocenters. The maximum Gasteiger partial charge on any atom is 0.332 e. The Morgan fingerprint density at radius 3 is 2.36 bits per heavy atom. The van der Waals surface area contributed by atoms with Crippen molar-refractivity contribution in [2.75, 3.05) is 12.3 Å². The molecule has 0 aliphatic heterocycles. The van der Waals surface area contributed by atoms with E-state index in [4.69, 9.17) is 5.73 Å². The Morgan fingerprint density at radius 1 is 1.16 bits per heavy atom. The van der Waals surface area contributed by atoms with Crippen LogP contribution in [0.1, 0.15) is 68.6 Å². The standard InChI is InChI=1S/C18H30N4O3/c1-3-11-22-16(19)15(17(24)21(2)18(22)25)14(23)12-20-13-9-7-5-4-6-8-10-13/h13,20H,3-12,19H2,1-2H3. The third-order valence-electron chi connectivity index (χ3n) is 4.97. The van der Waals surface area contributed by atoms with E-state index in [0.29, 0.717) is 19.0 Å². The minimum absolute atomic E-state index is 0.0144. The largest absolute Gasteiger partial charge is 0.384 e. The molecule has 0 amide bonds. The van der Waals surface area contributed by atoms with Crippen LogP contribution in [0.15, 0.2) is 9.59 Å². The molecular weight excluding hydrogens is 320 g/mol. The van der Waals surface area contributed by atoms with E-state index in [9.17, 15) is 14.4 Å². The minimum atomic E-state index is -0.612. The van der Waals surface area contributed by atoms with Crippen LogP contribution in [0.2, 0.25) is 0 Å². The second-order valence-electron chi connectivity index (χ2n) is 6.90. The van der Waals surface area contributed by atoms with E-state index in [2.05, 4.69) is 5.32 Å². The van der Waals surface area contributed by atoms with Gasteiger partial charge in [-0.05, 0) is 19.3 Å². The molecule has 1 aliphatic rings. The van der Waals surface area contributed by atoms with Gasteiger partial charge in [0.25, 0.3) is 5.56 Å². The molecule has 7 heteroatoms. The first kappa shape index (κ1) is 19.4. The van der Waals surface area contributed by atoms with Gasteiger partial charge < -0.3 is 11.1 Å². The molecule has 1 heterocycles. The van der Waals surface area contributed by atoms with E-state index in [1.54, 1.807) is 0 Å². The maximum atomic E-state index is 12.6. The van der Waals surface area contributed by atoms with E-state index < -0.39 is 11.2 Å². The summed E-state index contributed by atoms with van der Waals surface area (Å²) in [5.41, 5.74) is 4.83. The highest BCUT2D eigenvalue weighted by Gasteiger charge is 2.22. The predicted molar refractivity (Wildman–Crippen MR) is 99.1 cm³/mol. The zero-order valence-corrected chi connectivity index (χ0v) is 15.3. The monoisotopic (exact) mass is 350 g/mol. The number of hydrogen-bond donors (Lipinski definition) is 2. The van der Waals surface area contributed by atoms with Crippen LogP contribution in [-0.2, 0) is 13.6 Å². The summed E-state index contributed by atoms with van der Waals surface area (Å²) in [6, 6.07) is 0.302. The summed E-state index contributed by atoms with van der Waals surface area (Å²) in [4.78, 5) is 37.2. The number of nitrogens with two attached hydrogens (primary N) is 1. The molecule has 3 N–H and O–H groups in total. The molecule has 0 unspecified atom stereocenters. The predicted octanol–water partition coefficient (Wildman–Crippen LogP) is 1.42. The van der Waals surface area contributed by atoms with Gasteiger partial charge in [-0.2, -0.15) is 0 Å². The molecule has 1 aromatic rings. The summed E-state index contributed by atoms with van der Waals surface area (Å²) in [6.45, 7) is 2.37. The zero-order chi connectivity index (χ0) is 18.4. The molecule has 0 aromatic carbocycles. The summed E-state index contributed by atoms with van der Waals surface area (Å²) in [6.07, 6.45) is 8.89. The van der Waals surface area contributed by atoms with Crippen molar-refractivity contribution in [1.29, 1.82) is 0 Å². The SMILES string of the molecule is CCCn1c(N)c(C(=O)CNC2CCCCCCC2)c(=O)n(C)c1=O. The Kier molecular flexibility index (Phi) is 6.99. The van der Waals surface area contributed by atoms with Crippen LogP contribution in [0.5, 0.6) is 0 Å². The van der Waals surface area contributed by atoms with Crippen LogP contribution in [0, 0.1) is 0 Å². The van der Waals surface area contributed by atoms with Crippen molar-refractivity contribution >= 4 is 11.6 Å². The molecule has 1 aromatic heterocycles. The summed E-state index contributed by atoms with van der Waals surface area (Å²) in [5.74, 6) is -0.357. The molecule has 1 aliphatic carbocycles. The minimum Gasteiger partial charge on any atom is -0.384 e. The first-order valence-electron chi connectivity index (χ1n) is 9.33. The summed E-state index contributed by atoms with van der Waals surface area (Å²) < 4.78 is 2.28. The average molecular weight is 350 g/mol. The average Bonchev–Trinajstić information content (AvgIpc) is 2.56. The van der Waals surface area contributed by atoms with E-state index in [0.717, 1.165) is 30.3 Å². The number of carbonyl (C=O) groups is 1. The molecule has 140 valence electrons. The molecule has 1 saturated carbocycles. The number of hydrogen-bond acceptors (Lipinski definition) is 5. The zero-order valence-electron chi connectivity index (χ0n) is 15.3. The maximum absolute atomic E-state index is 12.6. The van der Waals surface area contributed by atoms with Crippen LogP contribution in [-0.4, -0.2) is 27.5 Å². The van der Waals surface area contributed by atoms with Crippen LogP contribution in [0.25, 0.3) is 0 Å². The fourth-order valence-electron chi connectivity index (χ4n) is 3.47. The van der Waals surface area contributed by atoms with Crippen LogP contribution in [0.4, 0.5) is 5.82 Å². The first-order valence-corrected chi connectivity index (χ1v) is 9.33. The van der Waals surface area contributed by atoms with Crippen LogP contribution < -0.4 is 22.3 Å². The quantitative estimate of drug-likeness (QED) is 0.756. The molecule has 25 heavy (non-hydrogen) atoms. The molecule has 0 bridgehead atoms. The van der Waals surface area contributed by atoms with Gasteiger partial charge in [-0.25, -0.2) is 4.79 Å². The van der Waals surface area contributed by atoms with Crippen LogP contribution >= 0.6 is 0 Å². The van der Waals surface area contributed by atoms with Crippen molar-refractivity contribution in [3.63, 3.8) is 0 Å². The van der Waals surface area contributed by atoms with Gasteiger partial charge >= 0.3 is 5.69 Å². The number of nitrogens with zero attached hydrogens (tertiary/aromatic N) is 2. The molecule has 0 spiro atoms. The number of ketones is 1. The molecular formula is C18H30N4O3. The second kappa shape index (κ2) is 8.99. The van der Waals surface area contributed by atoms with Crippen molar-refractivity contribution in [3.8, 4) is 0 Å². The highest BCUT2D eigenvalue weighted by molar-refractivity contribution is 6.01. The number of carbonyl (C=O) groups excluding carboxylic acids is 1. The molecule has 2 rings (SSSR count). The summed E-state index contributed by atoms with van der Waals surface area (Å²) in [5, 5.41) is 3.29. The molecule has 0 radical (unpaired) electrons. The van der Waals surface area contributed by atoms with Crippen molar-refractivity contribution in [2.24, 2.45) is 7.05 Å². The van der Waals surface area contributed by atoms with E-state index in [1.165, 1.54) is 30.9 Å². The molecule has 0 saturated heterocycles. The fourth-order valence-corrected chi connectivity index (χ4v) is 3.47. The Bertz CT molecular complexity index is 712. The Hall–Kier alpha value is -1.89. The van der Waals surface area contributed by atoms with Gasteiger partial charge in [0.2, 0.25) is 0 Å². The van der Waals surface area contributed by atoms with Crippen molar-refractivity contribution in [3.05, 3.63) is 26.4 Å². The lowest BCUT2D eigenvalue weighted by Gasteiger charge is -2.21. The topological polar surface area (TPSA) is 99.1 Å². The number of rotatable bonds is 6. The van der Waals surface area contributed by atoms with E-state index in [-0.39, 0.29) is 23.7 Å². The van der Waals surface area contributed by atoms with Gasteiger partial charge in [0, 0.05) is 19.6 Å². The third kappa shape index (κ3) is 4.60. The number of aromatic nitrogens is 2. The van der Waals surface area contributed by atoms with Gasteiger partial charge in [-0.3, -0.25) is 18.7 Å². The summed E-state index contributed by atoms with van der Waals surface area (Å²) in [7, 11) is 1.38. The lowest BCUT2D eigenvalue weighted by molar-refractivity contribution is 0.0983. The van der Waals surface area contributed by atoms with E-state index in [1.807, 2.05) is 6.92 Å². The second-order valence-corrected chi connectivity index (χ2v) is 6.90. The Balaban J connectivity index is 2.18. The van der Waals surface area contributed by atoms with Gasteiger partial charge in [0.1, 0.15) is 11.4 Å². The Morgan fingerprint density at radius 2 is 1.76 bits per heavy atom. The number of nitrogens with one attached hydrogen (secondary N) is 1. The lowest BCUT2D eigenvalue weighted by Crippen LogP contribution is -2.44. The van der Waals surface area contributed by atoms with Gasteiger partial charge in [0.05, 0.1) is 6.54 Å². The Labute approximate surface area is 148 Å². The van der Waals surface area contributed by atoms with E-state index >= 15 is 0 Å². The highest BCUT2D eigenvalue weighted by atomic mass is 16.2. The fraction of sp³-hybridized carbons (Fsp3) is 0.722. The van der Waals surface area contributed by atoms with Gasteiger partial charge in [0.15, 0.2) is 5.78 Å². The van der Waals surface area contributed by atoms with Gasteiger partial charge in [-0.1, -0.05) is 39.0 Å². The highest BCUT2D eigenvalue weighted by Crippen LogP contribution is 2.17. The van der Waals surface area contributed by atoms with Crippen molar-refractivity contribution in [1.82, 2.24) is 14.5 Å². The number of anilines is 1. The number of nitrogen functional groups attached to an aromatic ring is 1. The third-order valence-corrected chi connectivity index (χ3v) is 4.97. The van der Waals surface area contributed by atoms with Gasteiger partial charge in [-0.15, -0.1) is 0 Å². The normalized spacial score (nSPS) is 16.4. The molecule has 7 nitrogen and oxygen atoms in total. The molecule has 1 fully saturated rings. The number of Topliss-reactive ketones (excluding diaryl/α,β-unsaturated/α-hetero) is 1. The lowest BCUT2D eigenvalue weighted by atomic mass is 9.96. The first-order chi connectivity index (χ1) is 12.0. The summed E-state index contributed by atoms with van der Waals surface area (Å²) >= 11 is 0.